The third-order valence-corrected chi connectivity index (χ3v) is 3.93. The second-order valence-electron chi connectivity index (χ2n) is 5.87. The average molecular weight is 350 g/mol. The molecule has 0 spiro atoms. The van der Waals surface area contributed by atoms with Crippen LogP contribution in [-0.2, 0) is 24.2 Å². The van der Waals surface area contributed by atoms with Crippen LogP contribution in [0.25, 0.3) is 0 Å². The van der Waals surface area contributed by atoms with Crippen LogP contribution in [0.5, 0.6) is 5.75 Å². The van der Waals surface area contributed by atoms with Gasteiger partial charge in [-0.3, -0.25) is 14.5 Å². The van der Waals surface area contributed by atoms with E-state index in [0.717, 1.165) is 18.5 Å². The maximum absolute atomic E-state index is 12.0. The predicted octanol–water partition coefficient (Wildman–Crippen LogP) is 3.10. The summed E-state index contributed by atoms with van der Waals surface area (Å²) in [4.78, 5) is 16.3. The first-order valence-corrected chi connectivity index (χ1v) is 8.68. The number of hydrogen-bond acceptors (Lipinski definition) is 4. The molecular formula is C20H22N4O2. The highest BCUT2D eigenvalue weighted by molar-refractivity contribution is 5.90. The first-order chi connectivity index (χ1) is 12.7. The van der Waals surface area contributed by atoms with Crippen molar-refractivity contribution in [2.45, 2.75) is 26.3 Å². The number of benzene rings is 1. The summed E-state index contributed by atoms with van der Waals surface area (Å²) in [6.07, 6.45) is 5.37. The molecule has 2 heterocycles. The Bertz CT molecular complexity index is 829. The minimum atomic E-state index is -0.237. The number of aromatic nitrogens is 3. The molecule has 1 amide bonds. The highest BCUT2D eigenvalue weighted by Crippen LogP contribution is 2.12. The van der Waals surface area contributed by atoms with Crippen LogP contribution in [-0.4, -0.2) is 27.3 Å². The number of pyridine rings is 1. The molecule has 0 atom stereocenters. The number of ether oxygens (including phenoxy) is 1. The van der Waals surface area contributed by atoms with Gasteiger partial charge in [0.15, 0.2) is 12.4 Å². The van der Waals surface area contributed by atoms with Gasteiger partial charge < -0.3 is 10.1 Å². The highest BCUT2D eigenvalue weighted by atomic mass is 16.5. The number of rotatable bonds is 8. The van der Waals surface area contributed by atoms with Crippen LogP contribution in [0.4, 0.5) is 5.82 Å². The molecule has 1 aromatic carbocycles. The summed E-state index contributed by atoms with van der Waals surface area (Å²) < 4.78 is 7.28. The topological polar surface area (TPSA) is 69.0 Å². The second-order valence-corrected chi connectivity index (χ2v) is 5.87. The second kappa shape index (κ2) is 8.80. The molecule has 0 aliphatic carbocycles. The number of hydrogen-bond donors (Lipinski definition) is 1. The number of anilines is 1. The van der Waals surface area contributed by atoms with Crippen LogP contribution in [0.2, 0.25) is 0 Å². The molecule has 3 rings (SSSR count). The van der Waals surface area contributed by atoms with Crippen LogP contribution < -0.4 is 10.1 Å². The van der Waals surface area contributed by atoms with Gasteiger partial charge in [0.25, 0.3) is 5.91 Å². The quantitative estimate of drug-likeness (QED) is 0.678. The lowest BCUT2D eigenvalue weighted by Crippen LogP contribution is -2.20. The molecule has 0 aliphatic rings. The van der Waals surface area contributed by atoms with E-state index in [0.29, 0.717) is 18.1 Å². The molecule has 0 bridgehead atoms. The summed E-state index contributed by atoms with van der Waals surface area (Å²) >= 11 is 0. The Balaban J connectivity index is 1.44. The van der Waals surface area contributed by atoms with Crippen molar-refractivity contribution in [3.8, 4) is 5.75 Å². The zero-order valence-electron chi connectivity index (χ0n) is 14.8. The molecule has 2 aromatic heterocycles. The van der Waals surface area contributed by atoms with Crippen molar-refractivity contribution in [3.05, 3.63) is 72.2 Å². The molecule has 3 aromatic rings. The van der Waals surface area contributed by atoms with E-state index in [-0.39, 0.29) is 12.5 Å². The van der Waals surface area contributed by atoms with Crippen molar-refractivity contribution in [2.75, 3.05) is 11.9 Å². The first kappa shape index (κ1) is 17.7. The van der Waals surface area contributed by atoms with Crippen molar-refractivity contribution in [2.24, 2.45) is 0 Å². The molecule has 0 aliphatic heterocycles. The van der Waals surface area contributed by atoms with Gasteiger partial charge in [-0.25, -0.2) is 0 Å². The fourth-order valence-electron chi connectivity index (χ4n) is 2.48. The molecule has 1 N–H and O–H groups in total. The van der Waals surface area contributed by atoms with Gasteiger partial charge in [0.1, 0.15) is 5.75 Å². The SMILES string of the molecule is CCc1ccc(OCC(=O)Nc2ccn(CCc3ccccn3)n2)cc1. The van der Waals surface area contributed by atoms with Gasteiger partial charge in [-0.15, -0.1) is 0 Å². The third-order valence-electron chi connectivity index (χ3n) is 3.93. The van der Waals surface area contributed by atoms with E-state index in [1.54, 1.807) is 16.9 Å². The number of nitrogens with zero attached hydrogens (tertiary/aromatic N) is 3. The summed E-state index contributed by atoms with van der Waals surface area (Å²) in [5.74, 6) is 0.957. The molecule has 0 radical (unpaired) electrons. The van der Waals surface area contributed by atoms with Crippen LogP contribution in [0.1, 0.15) is 18.2 Å². The summed E-state index contributed by atoms with van der Waals surface area (Å²) in [5.41, 5.74) is 2.24. The molecule has 0 saturated carbocycles. The molecule has 0 fully saturated rings. The molecule has 26 heavy (non-hydrogen) atoms. The van der Waals surface area contributed by atoms with Gasteiger partial charge in [-0.2, -0.15) is 5.10 Å². The van der Waals surface area contributed by atoms with Gasteiger partial charge in [-0.05, 0) is 36.2 Å². The lowest BCUT2D eigenvalue weighted by molar-refractivity contribution is -0.118. The van der Waals surface area contributed by atoms with Gasteiger partial charge in [-0.1, -0.05) is 25.1 Å². The smallest absolute Gasteiger partial charge is 0.263 e. The Kier molecular flexibility index (Phi) is 5.98. The van der Waals surface area contributed by atoms with E-state index in [9.17, 15) is 4.79 Å². The molecule has 6 nitrogen and oxygen atoms in total. The molecule has 0 unspecified atom stereocenters. The lowest BCUT2D eigenvalue weighted by Gasteiger charge is -2.06. The first-order valence-electron chi connectivity index (χ1n) is 8.68. The molecule has 134 valence electrons. The van der Waals surface area contributed by atoms with Crippen molar-refractivity contribution >= 4 is 11.7 Å². The number of carbonyl (C=O) groups is 1. The zero-order chi connectivity index (χ0) is 18.2. The monoisotopic (exact) mass is 350 g/mol. The molecule has 0 saturated heterocycles. The largest absolute Gasteiger partial charge is 0.484 e. The maximum Gasteiger partial charge on any atom is 0.263 e. The van der Waals surface area contributed by atoms with Gasteiger partial charge in [0.05, 0.1) is 0 Å². The van der Waals surface area contributed by atoms with Crippen molar-refractivity contribution < 1.29 is 9.53 Å². The van der Waals surface area contributed by atoms with E-state index < -0.39 is 0 Å². The van der Waals surface area contributed by atoms with Crippen molar-refractivity contribution in [1.82, 2.24) is 14.8 Å². The van der Waals surface area contributed by atoms with Crippen molar-refractivity contribution in [1.29, 1.82) is 0 Å². The highest BCUT2D eigenvalue weighted by Gasteiger charge is 2.06. The minimum Gasteiger partial charge on any atom is -0.484 e. The Morgan fingerprint density at radius 2 is 2.00 bits per heavy atom. The van der Waals surface area contributed by atoms with E-state index in [1.165, 1.54) is 5.56 Å². The Morgan fingerprint density at radius 3 is 2.73 bits per heavy atom. The van der Waals surface area contributed by atoms with Crippen LogP contribution in [0.15, 0.2) is 60.9 Å². The number of amides is 1. The van der Waals surface area contributed by atoms with Crippen LogP contribution in [0, 0.1) is 0 Å². The Labute approximate surface area is 152 Å². The standard InChI is InChI=1S/C20H22N4O2/c1-2-16-6-8-18(9-7-16)26-15-20(25)22-19-11-14-24(23-19)13-10-17-5-3-4-12-21-17/h3-9,11-12,14H,2,10,13,15H2,1H3,(H,22,23,25). The lowest BCUT2D eigenvalue weighted by atomic mass is 10.2. The van der Waals surface area contributed by atoms with Crippen LogP contribution >= 0.6 is 0 Å². The predicted molar refractivity (Wildman–Crippen MR) is 100 cm³/mol. The van der Waals surface area contributed by atoms with Crippen molar-refractivity contribution in [3.63, 3.8) is 0 Å². The maximum atomic E-state index is 12.0. The normalized spacial score (nSPS) is 10.5. The van der Waals surface area contributed by atoms with E-state index >= 15 is 0 Å². The summed E-state index contributed by atoms with van der Waals surface area (Å²) in [7, 11) is 0. The van der Waals surface area contributed by atoms with Gasteiger partial charge in [0, 0.05) is 37.1 Å². The van der Waals surface area contributed by atoms with E-state index in [2.05, 4.69) is 22.3 Å². The fraction of sp³-hybridized carbons (Fsp3) is 0.250. The Hall–Kier alpha value is -3.15. The summed E-state index contributed by atoms with van der Waals surface area (Å²) in [6.45, 7) is 2.75. The zero-order valence-corrected chi connectivity index (χ0v) is 14.8. The molecule has 6 heteroatoms. The minimum absolute atomic E-state index is 0.0493. The van der Waals surface area contributed by atoms with E-state index in [4.69, 9.17) is 4.74 Å². The fourth-order valence-corrected chi connectivity index (χ4v) is 2.48. The number of aryl methyl sites for hydroxylation is 3. The third kappa shape index (κ3) is 5.17. The van der Waals surface area contributed by atoms with Gasteiger partial charge >= 0.3 is 0 Å². The number of carbonyl (C=O) groups excluding carboxylic acids is 1. The molecular weight excluding hydrogens is 328 g/mol. The van der Waals surface area contributed by atoms with Crippen LogP contribution in [0.3, 0.4) is 0 Å². The van der Waals surface area contributed by atoms with E-state index in [1.807, 2.05) is 48.7 Å². The Morgan fingerprint density at radius 1 is 1.15 bits per heavy atom. The summed E-state index contributed by atoms with van der Waals surface area (Å²) in [5, 5.41) is 7.09. The summed E-state index contributed by atoms with van der Waals surface area (Å²) in [6, 6.07) is 15.4. The number of nitrogens with one attached hydrogen (secondary N) is 1. The average Bonchev–Trinajstić information content (AvgIpc) is 3.13. The van der Waals surface area contributed by atoms with Gasteiger partial charge in [0.2, 0.25) is 0 Å².